The smallest absolute Gasteiger partial charge is 0.455 e. The summed E-state index contributed by atoms with van der Waals surface area (Å²) in [6.07, 6.45) is 0.273. The van der Waals surface area contributed by atoms with Crippen molar-refractivity contribution < 1.29 is 25.1 Å². The number of Topliss-reactive ketones (excluding diaryl/α,β-unsaturated/α-hetero) is 1. The second kappa shape index (κ2) is 7.99. The van der Waals surface area contributed by atoms with Crippen molar-refractivity contribution in [2.45, 2.75) is 32.0 Å². The zero-order chi connectivity index (χ0) is 17.7. The number of rotatable bonds is 7. The van der Waals surface area contributed by atoms with Crippen LogP contribution >= 0.6 is 0 Å². The average molecular weight is 328 g/mol. The van der Waals surface area contributed by atoms with Crippen molar-refractivity contribution in [3.63, 3.8) is 0 Å². The maximum absolute atomic E-state index is 12.2. The number of carbonyl (C=O) groups is 1. The predicted molar refractivity (Wildman–Crippen MR) is 91.9 cm³/mol. The van der Waals surface area contributed by atoms with Crippen LogP contribution in [-0.4, -0.2) is 33.2 Å². The van der Waals surface area contributed by atoms with Gasteiger partial charge in [-0.1, -0.05) is 30.3 Å². The summed E-state index contributed by atoms with van der Waals surface area (Å²) in [5.41, 5.74) is 1.95. The summed E-state index contributed by atoms with van der Waals surface area (Å²) >= 11 is 0. The van der Waals surface area contributed by atoms with Gasteiger partial charge in [0.05, 0.1) is 0 Å². The summed E-state index contributed by atoms with van der Waals surface area (Å²) in [5, 5.41) is 38.6. The minimum Gasteiger partial charge on any atom is -0.508 e. The number of aromatic hydroxyl groups is 2. The van der Waals surface area contributed by atoms with E-state index in [2.05, 4.69) is 0 Å². The van der Waals surface area contributed by atoms with Crippen LogP contribution < -0.4 is 0 Å². The number of phenols is 2. The van der Waals surface area contributed by atoms with Crippen LogP contribution in [0, 0.1) is 6.92 Å². The molecule has 2 aromatic carbocycles. The Kier molecular flexibility index (Phi) is 6.01. The summed E-state index contributed by atoms with van der Waals surface area (Å²) in [7, 11) is -1.65. The molecule has 0 aromatic heterocycles. The maximum atomic E-state index is 12.2. The number of para-hydroxylation sites is 1. The molecule has 4 N–H and O–H groups in total. The van der Waals surface area contributed by atoms with E-state index in [4.69, 9.17) is 0 Å². The molecule has 0 bridgehead atoms. The predicted octanol–water partition coefficient (Wildman–Crippen LogP) is 1.99. The molecule has 0 aliphatic heterocycles. The molecule has 24 heavy (non-hydrogen) atoms. The molecular formula is C18H21BO5. The zero-order valence-electron chi connectivity index (χ0n) is 13.5. The molecule has 5 nitrogen and oxygen atoms in total. The topological polar surface area (TPSA) is 98.0 Å². The van der Waals surface area contributed by atoms with E-state index < -0.39 is 12.9 Å². The van der Waals surface area contributed by atoms with Gasteiger partial charge < -0.3 is 20.3 Å². The van der Waals surface area contributed by atoms with E-state index in [0.29, 0.717) is 16.7 Å². The fraction of sp³-hybridized carbons (Fsp3) is 0.278. The number of carbonyl (C=O) groups excluding carboxylic acids is 1. The molecule has 1 atom stereocenters. The van der Waals surface area contributed by atoms with Gasteiger partial charge in [0, 0.05) is 18.7 Å². The number of ketones is 1. The van der Waals surface area contributed by atoms with Gasteiger partial charge in [0.15, 0.2) is 0 Å². The molecule has 2 rings (SSSR count). The standard InChI is InChI=1S/C18H21BO5/c1-12-4-2-6-14(18(12)22)10-15(19(23)24)11-17(21)9-13-5-3-7-16(20)8-13/h2-8,15,20,22-24H,9-11H2,1H3. The third kappa shape index (κ3) is 4.84. The van der Waals surface area contributed by atoms with Gasteiger partial charge in [-0.25, -0.2) is 0 Å². The summed E-state index contributed by atoms with van der Waals surface area (Å²) in [6, 6.07) is 11.7. The molecule has 0 spiro atoms. The van der Waals surface area contributed by atoms with Gasteiger partial charge in [0.1, 0.15) is 17.3 Å². The van der Waals surface area contributed by atoms with Gasteiger partial charge in [-0.2, -0.15) is 0 Å². The van der Waals surface area contributed by atoms with Gasteiger partial charge in [-0.15, -0.1) is 0 Å². The Labute approximate surface area is 141 Å². The largest absolute Gasteiger partial charge is 0.508 e. The van der Waals surface area contributed by atoms with Crippen LogP contribution in [-0.2, 0) is 17.6 Å². The lowest BCUT2D eigenvalue weighted by atomic mass is 9.66. The second-order valence-corrected chi connectivity index (χ2v) is 6.05. The first-order valence-electron chi connectivity index (χ1n) is 7.80. The Morgan fingerprint density at radius 3 is 2.50 bits per heavy atom. The van der Waals surface area contributed by atoms with Crippen LogP contribution in [0.5, 0.6) is 11.5 Å². The van der Waals surface area contributed by atoms with Crippen LogP contribution in [0.1, 0.15) is 23.1 Å². The second-order valence-electron chi connectivity index (χ2n) is 6.05. The number of benzene rings is 2. The Morgan fingerprint density at radius 1 is 1.12 bits per heavy atom. The Bertz CT molecular complexity index is 714. The molecule has 0 aliphatic carbocycles. The molecule has 0 saturated heterocycles. The van der Waals surface area contributed by atoms with Gasteiger partial charge in [-0.05, 0) is 42.2 Å². The summed E-state index contributed by atoms with van der Waals surface area (Å²) in [6.45, 7) is 1.76. The molecule has 0 fully saturated rings. The lowest BCUT2D eigenvalue weighted by Gasteiger charge is -2.16. The number of hydrogen-bond acceptors (Lipinski definition) is 5. The fourth-order valence-electron chi connectivity index (χ4n) is 2.71. The highest BCUT2D eigenvalue weighted by Crippen LogP contribution is 2.28. The Morgan fingerprint density at radius 2 is 1.83 bits per heavy atom. The molecule has 0 aliphatic rings. The lowest BCUT2D eigenvalue weighted by molar-refractivity contribution is -0.118. The third-order valence-corrected chi connectivity index (χ3v) is 4.03. The van der Waals surface area contributed by atoms with Crippen molar-refractivity contribution in [1.29, 1.82) is 0 Å². The van der Waals surface area contributed by atoms with Gasteiger partial charge >= 0.3 is 7.12 Å². The summed E-state index contributed by atoms with van der Waals surface area (Å²) < 4.78 is 0. The molecule has 0 amide bonds. The molecule has 6 heteroatoms. The zero-order valence-corrected chi connectivity index (χ0v) is 13.5. The average Bonchev–Trinajstić information content (AvgIpc) is 2.50. The van der Waals surface area contributed by atoms with Gasteiger partial charge in [-0.3, -0.25) is 4.79 Å². The van der Waals surface area contributed by atoms with Gasteiger partial charge in [0.2, 0.25) is 0 Å². The van der Waals surface area contributed by atoms with Crippen molar-refractivity contribution in [3.8, 4) is 11.5 Å². The van der Waals surface area contributed by atoms with Crippen LogP contribution in [0.3, 0.4) is 0 Å². The van der Waals surface area contributed by atoms with Crippen LogP contribution in [0.4, 0.5) is 0 Å². The minimum absolute atomic E-state index is 0.0271. The lowest BCUT2D eigenvalue weighted by Crippen LogP contribution is -2.25. The van der Waals surface area contributed by atoms with E-state index in [0.717, 1.165) is 0 Å². The molecule has 0 saturated carbocycles. The van der Waals surface area contributed by atoms with Crippen LogP contribution in [0.25, 0.3) is 0 Å². The fourth-order valence-corrected chi connectivity index (χ4v) is 2.71. The monoisotopic (exact) mass is 328 g/mol. The minimum atomic E-state index is -1.65. The number of hydrogen-bond donors (Lipinski definition) is 4. The van der Waals surface area contributed by atoms with Crippen molar-refractivity contribution in [2.75, 3.05) is 0 Å². The van der Waals surface area contributed by atoms with Crippen molar-refractivity contribution in [3.05, 3.63) is 59.2 Å². The SMILES string of the molecule is Cc1cccc(CC(CC(=O)Cc2cccc(O)c2)B(O)O)c1O. The van der Waals surface area contributed by atoms with E-state index in [-0.39, 0.29) is 36.5 Å². The molecular weight excluding hydrogens is 307 g/mol. The Hall–Kier alpha value is -2.31. The highest BCUT2D eigenvalue weighted by atomic mass is 16.4. The normalized spacial score (nSPS) is 12.0. The molecule has 0 heterocycles. The maximum Gasteiger partial charge on any atom is 0.455 e. The first-order valence-corrected chi connectivity index (χ1v) is 7.80. The van der Waals surface area contributed by atoms with Crippen LogP contribution in [0.2, 0.25) is 5.82 Å². The van der Waals surface area contributed by atoms with Gasteiger partial charge in [0.25, 0.3) is 0 Å². The van der Waals surface area contributed by atoms with Crippen LogP contribution in [0.15, 0.2) is 42.5 Å². The molecule has 126 valence electrons. The molecule has 2 aromatic rings. The van der Waals surface area contributed by atoms with Crippen molar-refractivity contribution in [1.82, 2.24) is 0 Å². The highest BCUT2D eigenvalue weighted by Gasteiger charge is 2.27. The van der Waals surface area contributed by atoms with Crippen molar-refractivity contribution in [2.24, 2.45) is 0 Å². The highest BCUT2D eigenvalue weighted by molar-refractivity contribution is 6.43. The first kappa shape index (κ1) is 18.0. The Balaban J connectivity index is 2.05. The van der Waals surface area contributed by atoms with E-state index in [1.54, 1.807) is 37.3 Å². The number of aryl methyl sites for hydroxylation is 1. The molecule has 0 radical (unpaired) electrons. The van der Waals surface area contributed by atoms with Crippen molar-refractivity contribution >= 4 is 12.9 Å². The van der Waals surface area contributed by atoms with E-state index in [1.807, 2.05) is 0 Å². The summed E-state index contributed by atoms with van der Waals surface area (Å²) in [5.74, 6) is -0.666. The van der Waals surface area contributed by atoms with E-state index >= 15 is 0 Å². The summed E-state index contributed by atoms with van der Waals surface area (Å²) in [4.78, 5) is 12.2. The first-order chi connectivity index (χ1) is 11.4. The quantitative estimate of drug-likeness (QED) is 0.583. The van der Waals surface area contributed by atoms with E-state index in [9.17, 15) is 25.1 Å². The molecule has 1 unspecified atom stereocenters. The number of phenolic OH excluding ortho intramolecular Hbond substituents is 2. The van der Waals surface area contributed by atoms with E-state index in [1.165, 1.54) is 12.1 Å². The third-order valence-electron chi connectivity index (χ3n) is 4.03.